The van der Waals surface area contributed by atoms with Crippen LogP contribution in [0.25, 0.3) is 0 Å². The van der Waals surface area contributed by atoms with Crippen LogP contribution in [0.1, 0.15) is 5.76 Å². The van der Waals surface area contributed by atoms with E-state index >= 15 is 0 Å². The second-order valence-corrected chi connectivity index (χ2v) is 4.89. The normalized spacial score (nSPS) is 10.6. The lowest BCUT2D eigenvalue weighted by Gasteiger charge is -2.06. The number of ether oxygens (including phenoxy) is 1. The maximum Gasteiger partial charge on any atom is 0.200 e. The van der Waals surface area contributed by atoms with Gasteiger partial charge in [0, 0.05) is 4.47 Å². The minimum Gasteiger partial charge on any atom is -0.482 e. The van der Waals surface area contributed by atoms with Crippen molar-refractivity contribution in [2.45, 2.75) is 6.61 Å². The molecule has 1 heterocycles. The maximum absolute atomic E-state index is 13.3. The van der Waals surface area contributed by atoms with Gasteiger partial charge in [-0.2, -0.15) is 4.39 Å². The molecule has 0 unspecified atom stereocenters. The van der Waals surface area contributed by atoms with Gasteiger partial charge in [-0.1, -0.05) is 15.9 Å². The molecule has 0 atom stereocenters. The second kappa shape index (κ2) is 5.18. The summed E-state index contributed by atoms with van der Waals surface area (Å²) >= 11 is 6.19. The largest absolute Gasteiger partial charge is 0.482 e. The molecule has 2 aromatic rings. The number of hydrogen-bond acceptors (Lipinski definition) is 2. The molecule has 0 spiro atoms. The van der Waals surface area contributed by atoms with Crippen molar-refractivity contribution >= 4 is 31.9 Å². The molecule has 6 heteroatoms. The lowest BCUT2D eigenvalue weighted by molar-refractivity contribution is 0.252. The van der Waals surface area contributed by atoms with Gasteiger partial charge < -0.3 is 9.15 Å². The van der Waals surface area contributed by atoms with E-state index in [0.29, 0.717) is 14.9 Å². The molecule has 0 N–H and O–H groups in total. The van der Waals surface area contributed by atoms with Crippen molar-refractivity contribution in [2.75, 3.05) is 0 Å². The zero-order chi connectivity index (χ0) is 12.4. The van der Waals surface area contributed by atoms with E-state index in [1.165, 1.54) is 6.07 Å². The van der Waals surface area contributed by atoms with Gasteiger partial charge in [0.15, 0.2) is 16.2 Å². The third-order valence-electron chi connectivity index (χ3n) is 1.96. The standard InChI is InChI=1S/C11H6Br2F2O2/c12-6-3-8(14)11(15)9(4-6)16-5-7-1-2-10(13)17-7/h1-4H,5H2. The van der Waals surface area contributed by atoms with Crippen molar-refractivity contribution < 1.29 is 17.9 Å². The number of furan rings is 1. The van der Waals surface area contributed by atoms with Gasteiger partial charge in [0.1, 0.15) is 12.4 Å². The topological polar surface area (TPSA) is 22.4 Å². The third kappa shape index (κ3) is 3.07. The summed E-state index contributed by atoms with van der Waals surface area (Å²) in [7, 11) is 0. The van der Waals surface area contributed by atoms with Crippen LogP contribution in [0.15, 0.2) is 37.8 Å². The fourth-order valence-corrected chi connectivity index (χ4v) is 1.96. The minimum absolute atomic E-state index is 0.0262. The van der Waals surface area contributed by atoms with E-state index < -0.39 is 11.6 Å². The monoisotopic (exact) mass is 366 g/mol. The van der Waals surface area contributed by atoms with E-state index in [4.69, 9.17) is 9.15 Å². The zero-order valence-electron chi connectivity index (χ0n) is 8.34. The predicted octanol–water partition coefficient (Wildman–Crippen LogP) is 4.66. The van der Waals surface area contributed by atoms with Gasteiger partial charge in [-0.3, -0.25) is 0 Å². The van der Waals surface area contributed by atoms with Crippen molar-refractivity contribution in [1.82, 2.24) is 0 Å². The Balaban J connectivity index is 2.14. The summed E-state index contributed by atoms with van der Waals surface area (Å²) in [5, 5.41) is 0. The quantitative estimate of drug-likeness (QED) is 0.736. The van der Waals surface area contributed by atoms with Crippen LogP contribution in [0.3, 0.4) is 0 Å². The summed E-state index contributed by atoms with van der Waals surface area (Å²) in [4.78, 5) is 0. The molecule has 2 rings (SSSR count). The average Bonchev–Trinajstić information content (AvgIpc) is 2.67. The molecule has 0 fully saturated rings. The van der Waals surface area contributed by atoms with Gasteiger partial charge in [-0.15, -0.1) is 0 Å². The van der Waals surface area contributed by atoms with Gasteiger partial charge in [0.2, 0.25) is 5.82 Å². The molecule has 0 radical (unpaired) electrons. The van der Waals surface area contributed by atoms with Crippen molar-refractivity contribution in [3.63, 3.8) is 0 Å². The van der Waals surface area contributed by atoms with Gasteiger partial charge >= 0.3 is 0 Å². The first kappa shape index (κ1) is 12.6. The number of rotatable bonds is 3. The highest BCUT2D eigenvalue weighted by Crippen LogP contribution is 2.26. The summed E-state index contributed by atoms with van der Waals surface area (Å²) in [5.74, 6) is -1.63. The van der Waals surface area contributed by atoms with Crippen molar-refractivity contribution in [2.24, 2.45) is 0 Å². The minimum atomic E-state index is -1.01. The lowest BCUT2D eigenvalue weighted by atomic mass is 10.3. The van der Waals surface area contributed by atoms with Crippen LogP contribution in [-0.4, -0.2) is 0 Å². The number of hydrogen-bond donors (Lipinski definition) is 0. The Morgan fingerprint density at radius 1 is 1.18 bits per heavy atom. The molecule has 17 heavy (non-hydrogen) atoms. The Labute approximate surface area is 113 Å². The third-order valence-corrected chi connectivity index (χ3v) is 2.84. The molecule has 0 amide bonds. The average molecular weight is 368 g/mol. The van der Waals surface area contributed by atoms with Crippen LogP contribution in [0.4, 0.5) is 8.78 Å². The summed E-state index contributed by atoms with van der Waals surface area (Å²) < 4.78 is 37.7. The predicted molar refractivity (Wildman–Crippen MR) is 64.8 cm³/mol. The fourth-order valence-electron chi connectivity index (χ4n) is 1.22. The molecule has 0 saturated heterocycles. The number of halogens is 4. The van der Waals surface area contributed by atoms with E-state index in [1.807, 2.05) is 0 Å². The molecule has 1 aromatic heterocycles. The lowest BCUT2D eigenvalue weighted by Crippen LogP contribution is -1.98. The van der Waals surface area contributed by atoms with E-state index in [2.05, 4.69) is 31.9 Å². The van der Waals surface area contributed by atoms with Crippen molar-refractivity contribution in [3.8, 4) is 5.75 Å². The SMILES string of the molecule is Fc1cc(Br)cc(OCc2ccc(Br)o2)c1F. The van der Waals surface area contributed by atoms with Gasteiger partial charge in [-0.25, -0.2) is 4.39 Å². The molecule has 90 valence electrons. The van der Waals surface area contributed by atoms with Crippen molar-refractivity contribution in [3.05, 3.63) is 50.8 Å². The van der Waals surface area contributed by atoms with E-state index in [-0.39, 0.29) is 12.4 Å². The molecule has 0 aliphatic heterocycles. The Kier molecular flexibility index (Phi) is 3.83. The van der Waals surface area contributed by atoms with Crippen LogP contribution in [0, 0.1) is 11.6 Å². The highest BCUT2D eigenvalue weighted by molar-refractivity contribution is 9.10. The highest BCUT2D eigenvalue weighted by Gasteiger charge is 2.12. The Morgan fingerprint density at radius 2 is 1.94 bits per heavy atom. The first-order chi connectivity index (χ1) is 8.06. The van der Waals surface area contributed by atoms with E-state index in [9.17, 15) is 8.78 Å². The van der Waals surface area contributed by atoms with Crippen LogP contribution < -0.4 is 4.74 Å². The number of benzene rings is 1. The van der Waals surface area contributed by atoms with E-state index in [1.54, 1.807) is 12.1 Å². The molecule has 0 saturated carbocycles. The van der Waals surface area contributed by atoms with Crippen molar-refractivity contribution in [1.29, 1.82) is 0 Å². The van der Waals surface area contributed by atoms with Gasteiger partial charge in [0.05, 0.1) is 0 Å². The molecule has 1 aromatic carbocycles. The van der Waals surface area contributed by atoms with Crippen LogP contribution in [0.5, 0.6) is 5.75 Å². The highest BCUT2D eigenvalue weighted by atomic mass is 79.9. The molecule has 0 aliphatic carbocycles. The summed E-state index contributed by atoms with van der Waals surface area (Å²) in [6.45, 7) is 0.0262. The Hall–Kier alpha value is -0.880. The van der Waals surface area contributed by atoms with Crippen LogP contribution in [-0.2, 0) is 6.61 Å². The van der Waals surface area contributed by atoms with Crippen LogP contribution >= 0.6 is 31.9 Å². The molecule has 0 aliphatic rings. The van der Waals surface area contributed by atoms with Crippen LogP contribution in [0.2, 0.25) is 0 Å². The first-order valence-electron chi connectivity index (χ1n) is 4.58. The Bertz CT molecular complexity index is 540. The maximum atomic E-state index is 13.3. The molecular formula is C11H6Br2F2O2. The van der Waals surface area contributed by atoms with Gasteiger partial charge in [-0.05, 0) is 40.2 Å². The Morgan fingerprint density at radius 3 is 2.59 bits per heavy atom. The zero-order valence-corrected chi connectivity index (χ0v) is 11.5. The fraction of sp³-hybridized carbons (Fsp3) is 0.0909. The smallest absolute Gasteiger partial charge is 0.200 e. The summed E-state index contributed by atoms with van der Waals surface area (Å²) in [6.07, 6.45) is 0. The second-order valence-electron chi connectivity index (χ2n) is 3.19. The molecular weight excluding hydrogens is 362 g/mol. The molecule has 2 nitrogen and oxygen atoms in total. The summed E-state index contributed by atoms with van der Waals surface area (Å²) in [5.41, 5.74) is 0. The van der Waals surface area contributed by atoms with E-state index in [0.717, 1.165) is 6.07 Å². The van der Waals surface area contributed by atoms with Gasteiger partial charge in [0.25, 0.3) is 0 Å². The molecule has 0 bridgehead atoms. The summed E-state index contributed by atoms with van der Waals surface area (Å²) in [6, 6.07) is 5.76. The first-order valence-corrected chi connectivity index (χ1v) is 6.16.